The number of esters is 1. The van der Waals surface area contributed by atoms with Crippen molar-refractivity contribution >= 4 is 17.6 Å². The Morgan fingerprint density at radius 3 is 2.60 bits per heavy atom. The van der Waals surface area contributed by atoms with Gasteiger partial charge in [-0.1, -0.05) is 29.8 Å². The topological polar surface area (TPSA) is 35.5 Å². The Balaban J connectivity index is 2.98. The van der Waals surface area contributed by atoms with E-state index in [-0.39, 0.29) is 12.6 Å². The average Bonchev–Trinajstić information content (AvgIpc) is 2.26. The van der Waals surface area contributed by atoms with Crippen LogP contribution in [0, 0.1) is 0 Å². The van der Waals surface area contributed by atoms with Crippen LogP contribution in [0.5, 0.6) is 0 Å². The lowest BCUT2D eigenvalue weighted by molar-refractivity contribution is -0.143. The molecular weight excluding hydrogens is 216 g/mol. The van der Waals surface area contributed by atoms with Crippen LogP contribution in [0.3, 0.4) is 0 Å². The molecule has 0 saturated heterocycles. The molecule has 0 radical (unpaired) electrons. The highest BCUT2D eigenvalue weighted by Gasteiger charge is 2.23. The van der Waals surface area contributed by atoms with Crippen LogP contribution in [-0.2, 0) is 14.3 Å². The molecule has 0 saturated carbocycles. The van der Waals surface area contributed by atoms with Crippen LogP contribution in [0.15, 0.2) is 24.3 Å². The Kier molecular flexibility index (Phi) is 4.59. The number of rotatable bonds is 4. The standard InChI is InChI=1S/C11H13ClO3/c1-14-7-9(11(13)15-2)8-5-3-4-6-10(8)12/h3-6,9H,7H2,1-2H3. The van der Waals surface area contributed by atoms with E-state index in [9.17, 15) is 4.79 Å². The smallest absolute Gasteiger partial charge is 0.315 e. The molecule has 0 aliphatic heterocycles. The SMILES string of the molecule is COCC(C(=O)OC)c1ccccc1Cl. The van der Waals surface area contributed by atoms with E-state index in [1.54, 1.807) is 12.1 Å². The quantitative estimate of drug-likeness (QED) is 0.742. The molecule has 3 nitrogen and oxygen atoms in total. The highest BCUT2D eigenvalue weighted by molar-refractivity contribution is 6.31. The molecule has 0 fully saturated rings. The van der Waals surface area contributed by atoms with Gasteiger partial charge in [0.05, 0.1) is 13.7 Å². The lowest BCUT2D eigenvalue weighted by Gasteiger charge is -2.15. The van der Waals surface area contributed by atoms with Crippen LogP contribution in [0.1, 0.15) is 11.5 Å². The van der Waals surface area contributed by atoms with Gasteiger partial charge in [-0.05, 0) is 11.6 Å². The predicted octanol–water partition coefficient (Wildman–Crippen LogP) is 2.24. The number of hydrogen-bond acceptors (Lipinski definition) is 3. The van der Waals surface area contributed by atoms with Crippen LogP contribution in [0.4, 0.5) is 0 Å². The van der Waals surface area contributed by atoms with E-state index in [1.807, 2.05) is 12.1 Å². The van der Waals surface area contributed by atoms with Crippen LogP contribution < -0.4 is 0 Å². The molecule has 15 heavy (non-hydrogen) atoms. The molecule has 0 spiro atoms. The molecule has 4 heteroatoms. The highest BCUT2D eigenvalue weighted by atomic mass is 35.5. The Morgan fingerprint density at radius 2 is 2.07 bits per heavy atom. The van der Waals surface area contributed by atoms with Crippen LogP contribution >= 0.6 is 11.6 Å². The zero-order valence-electron chi connectivity index (χ0n) is 8.70. The highest BCUT2D eigenvalue weighted by Crippen LogP contribution is 2.25. The Morgan fingerprint density at radius 1 is 1.40 bits per heavy atom. The van der Waals surface area contributed by atoms with Crippen molar-refractivity contribution in [2.45, 2.75) is 5.92 Å². The Hall–Kier alpha value is -1.06. The maximum Gasteiger partial charge on any atom is 0.315 e. The molecule has 1 rings (SSSR count). The lowest BCUT2D eigenvalue weighted by Crippen LogP contribution is -2.19. The third-order valence-corrected chi connectivity index (χ3v) is 2.44. The van der Waals surface area contributed by atoms with Crippen molar-refractivity contribution in [1.29, 1.82) is 0 Å². The molecule has 0 aliphatic rings. The largest absolute Gasteiger partial charge is 0.468 e. The molecule has 0 aromatic heterocycles. The summed E-state index contributed by atoms with van der Waals surface area (Å²) in [5.41, 5.74) is 0.730. The van der Waals surface area contributed by atoms with Gasteiger partial charge in [0, 0.05) is 12.1 Å². The van der Waals surface area contributed by atoms with E-state index in [1.165, 1.54) is 14.2 Å². The van der Waals surface area contributed by atoms with E-state index < -0.39 is 5.92 Å². The lowest BCUT2D eigenvalue weighted by atomic mass is 10.0. The zero-order valence-corrected chi connectivity index (χ0v) is 9.45. The summed E-state index contributed by atoms with van der Waals surface area (Å²) in [6, 6.07) is 7.17. The number of carbonyl (C=O) groups excluding carboxylic acids is 1. The molecule has 0 aliphatic carbocycles. The van der Waals surface area contributed by atoms with Gasteiger partial charge in [0.1, 0.15) is 5.92 Å². The van der Waals surface area contributed by atoms with E-state index >= 15 is 0 Å². The minimum absolute atomic E-state index is 0.260. The van der Waals surface area contributed by atoms with Crippen molar-refractivity contribution in [3.05, 3.63) is 34.9 Å². The van der Waals surface area contributed by atoms with Crippen molar-refractivity contribution < 1.29 is 14.3 Å². The summed E-state index contributed by atoms with van der Waals surface area (Å²) in [6.45, 7) is 0.260. The van der Waals surface area contributed by atoms with Crippen molar-refractivity contribution in [2.75, 3.05) is 20.8 Å². The Bertz CT molecular complexity index is 338. The number of benzene rings is 1. The molecule has 1 unspecified atom stereocenters. The first-order chi connectivity index (χ1) is 7.20. The second-order valence-corrected chi connectivity index (χ2v) is 3.46. The second kappa shape index (κ2) is 5.73. The van der Waals surface area contributed by atoms with E-state index in [4.69, 9.17) is 21.1 Å². The van der Waals surface area contributed by atoms with Crippen molar-refractivity contribution in [1.82, 2.24) is 0 Å². The number of carbonyl (C=O) groups is 1. The summed E-state index contributed by atoms with van der Waals surface area (Å²) in [4.78, 5) is 11.5. The summed E-state index contributed by atoms with van der Waals surface area (Å²) in [6.07, 6.45) is 0. The molecule has 0 heterocycles. The van der Waals surface area contributed by atoms with Gasteiger partial charge in [0.15, 0.2) is 0 Å². The van der Waals surface area contributed by atoms with E-state index in [0.29, 0.717) is 5.02 Å². The monoisotopic (exact) mass is 228 g/mol. The predicted molar refractivity (Wildman–Crippen MR) is 58.1 cm³/mol. The average molecular weight is 229 g/mol. The fourth-order valence-electron chi connectivity index (χ4n) is 1.35. The zero-order chi connectivity index (χ0) is 11.3. The summed E-state index contributed by atoms with van der Waals surface area (Å²) < 4.78 is 9.67. The second-order valence-electron chi connectivity index (χ2n) is 3.05. The molecule has 82 valence electrons. The summed E-state index contributed by atoms with van der Waals surface area (Å²) in [7, 11) is 2.88. The van der Waals surface area contributed by atoms with Crippen molar-refractivity contribution in [3.63, 3.8) is 0 Å². The van der Waals surface area contributed by atoms with Crippen LogP contribution in [0.2, 0.25) is 5.02 Å². The van der Waals surface area contributed by atoms with Gasteiger partial charge in [-0.25, -0.2) is 0 Å². The van der Waals surface area contributed by atoms with Gasteiger partial charge in [-0.2, -0.15) is 0 Å². The summed E-state index contributed by atoms with van der Waals surface area (Å²) >= 11 is 5.99. The molecule has 0 amide bonds. The van der Waals surface area contributed by atoms with Gasteiger partial charge < -0.3 is 9.47 Å². The minimum Gasteiger partial charge on any atom is -0.468 e. The van der Waals surface area contributed by atoms with Gasteiger partial charge >= 0.3 is 5.97 Å². The molecule has 0 N–H and O–H groups in total. The van der Waals surface area contributed by atoms with Gasteiger partial charge in [0.2, 0.25) is 0 Å². The first-order valence-electron chi connectivity index (χ1n) is 4.52. The number of methoxy groups -OCH3 is 2. The first-order valence-corrected chi connectivity index (χ1v) is 4.89. The Labute approximate surface area is 93.9 Å². The van der Waals surface area contributed by atoms with Crippen molar-refractivity contribution in [2.24, 2.45) is 0 Å². The van der Waals surface area contributed by atoms with Gasteiger partial charge in [-0.3, -0.25) is 4.79 Å². The van der Waals surface area contributed by atoms with E-state index in [0.717, 1.165) is 5.56 Å². The maximum absolute atomic E-state index is 11.5. The third-order valence-electron chi connectivity index (χ3n) is 2.10. The summed E-state index contributed by atoms with van der Waals surface area (Å²) in [5, 5.41) is 0.546. The molecular formula is C11H13ClO3. The van der Waals surface area contributed by atoms with Gasteiger partial charge in [-0.15, -0.1) is 0 Å². The minimum atomic E-state index is -0.464. The molecule has 0 bridgehead atoms. The van der Waals surface area contributed by atoms with Crippen molar-refractivity contribution in [3.8, 4) is 0 Å². The van der Waals surface area contributed by atoms with Crippen LogP contribution in [0.25, 0.3) is 0 Å². The third kappa shape index (κ3) is 2.94. The molecule has 1 atom stereocenters. The maximum atomic E-state index is 11.5. The van der Waals surface area contributed by atoms with Crippen LogP contribution in [-0.4, -0.2) is 26.8 Å². The molecule has 1 aromatic carbocycles. The van der Waals surface area contributed by atoms with Gasteiger partial charge in [0.25, 0.3) is 0 Å². The number of ether oxygens (including phenoxy) is 2. The fourth-order valence-corrected chi connectivity index (χ4v) is 1.62. The van der Waals surface area contributed by atoms with E-state index in [2.05, 4.69) is 0 Å². The normalized spacial score (nSPS) is 12.2. The first kappa shape index (κ1) is 12.0. The number of hydrogen-bond donors (Lipinski definition) is 0. The fraction of sp³-hybridized carbons (Fsp3) is 0.364. The summed E-state index contributed by atoms with van der Waals surface area (Å²) in [5.74, 6) is -0.807. The number of halogens is 1. The molecule has 1 aromatic rings.